The van der Waals surface area contributed by atoms with Gasteiger partial charge in [0.15, 0.2) is 0 Å². The van der Waals surface area contributed by atoms with E-state index in [-0.39, 0.29) is 5.91 Å². The number of carbonyl (C=O) groups excluding carboxylic acids is 1. The summed E-state index contributed by atoms with van der Waals surface area (Å²) in [7, 11) is 0. The third-order valence-corrected chi connectivity index (χ3v) is 5.06. The number of nitrogens with one attached hydrogen (secondary N) is 1. The van der Waals surface area contributed by atoms with Crippen LogP contribution in [0.5, 0.6) is 0 Å². The Balaban J connectivity index is 1.50. The van der Waals surface area contributed by atoms with Crippen molar-refractivity contribution in [1.29, 1.82) is 0 Å². The molecule has 2 aliphatic rings. The Kier molecular flexibility index (Phi) is 3.99. The third-order valence-electron chi connectivity index (χ3n) is 5.06. The lowest BCUT2D eigenvalue weighted by atomic mass is 9.86. The molecule has 3 rings (SSSR count). The van der Waals surface area contributed by atoms with Crippen molar-refractivity contribution in [2.75, 3.05) is 6.54 Å². The predicted octanol–water partition coefficient (Wildman–Crippen LogP) is 2.60. The molecule has 0 saturated heterocycles. The predicted molar refractivity (Wildman–Crippen MR) is 77.3 cm³/mol. The van der Waals surface area contributed by atoms with Gasteiger partial charge >= 0.3 is 0 Å². The van der Waals surface area contributed by atoms with Gasteiger partial charge in [-0.1, -0.05) is 13.3 Å². The second-order valence-electron chi connectivity index (χ2n) is 6.22. The summed E-state index contributed by atoms with van der Waals surface area (Å²) in [6.45, 7) is 2.79. The fourth-order valence-corrected chi connectivity index (χ4v) is 4.02. The normalized spacial score (nSPS) is 27.8. The molecular formula is C16H23N3O. The highest BCUT2D eigenvalue weighted by Crippen LogP contribution is 2.49. The minimum absolute atomic E-state index is 0.0226. The molecule has 0 aliphatic heterocycles. The van der Waals surface area contributed by atoms with Gasteiger partial charge < -0.3 is 5.32 Å². The maximum atomic E-state index is 12.2. The van der Waals surface area contributed by atoms with Crippen molar-refractivity contribution in [3.63, 3.8) is 0 Å². The Hall–Kier alpha value is -1.45. The number of amides is 1. The monoisotopic (exact) mass is 273 g/mol. The summed E-state index contributed by atoms with van der Waals surface area (Å²) in [4.78, 5) is 20.3. The molecule has 2 aliphatic carbocycles. The first-order valence-corrected chi connectivity index (χ1v) is 7.85. The van der Waals surface area contributed by atoms with E-state index >= 15 is 0 Å². The molecule has 2 saturated carbocycles. The van der Waals surface area contributed by atoms with E-state index in [2.05, 4.69) is 15.3 Å². The van der Waals surface area contributed by atoms with Crippen LogP contribution in [0.4, 0.5) is 0 Å². The van der Waals surface area contributed by atoms with Crippen LogP contribution in [-0.2, 0) is 6.42 Å². The van der Waals surface area contributed by atoms with Gasteiger partial charge in [-0.15, -0.1) is 0 Å². The average molecular weight is 273 g/mol. The van der Waals surface area contributed by atoms with Crippen LogP contribution in [0.15, 0.2) is 12.5 Å². The lowest BCUT2D eigenvalue weighted by molar-refractivity contribution is 0.0948. The number of hydrogen-bond acceptors (Lipinski definition) is 3. The lowest BCUT2D eigenvalue weighted by Gasteiger charge is -2.21. The molecule has 3 atom stereocenters. The molecule has 1 heterocycles. The van der Waals surface area contributed by atoms with Gasteiger partial charge in [-0.25, -0.2) is 9.97 Å². The smallest absolute Gasteiger partial charge is 0.254 e. The number of carbonyl (C=O) groups is 1. The van der Waals surface area contributed by atoms with Crippen molar-refractivity contribution >= 4 is 5.91 Å². The molecule has 0 radical (unpaired) electrons. The maximum absolute atomic E-state index is 12.2. The first kappa shape index (κ1) is 13.5. The molecule has 20 heavy (non-hydrogen) atoms. The number of hydrogen-bond donors (Lipinski definition) is 1. The molecule has 0 spiro atoms. The minimum Gasteiger partial charge on any atom is -0.352 e. The number of rotatable bonds is 5. The van der Waals surface area contributed by atoms with Crippen LogP contribution in [0.1, 0.15) is 55.1 Å². The van der Waals surface area contributed by atoms with E-state index in [1.807, 2.05) is 6.92 Å². The molecule has 108 valence electrons. The van der Waals surface area contributed by atoms with E-state index < -0.39 is 0 Å². The topological polar surface area (TPSA) is 54.9 Å². The van der Waals surface area contributed by atoms with Crippen molar-refractivity contribution in [2.24, 2.45) is 17.8 Å². The van der Waals surface area contributed by atoms with E-state index in [0.29, 0.717) is 5.56 Å². The largest absolute Gasteiger partial charge is 0.352 e. The second-order valence-corrected chi connectivity index (χ2v) is 6.22. The van der Waals surface area contributed by atoms with Crippen LogP contribution in [0.3, 0.4) is 0 Å². The molecule has 2 bridgehead atoms. The molecule has 1 amide bonds. The van der Waals surface area contributed by atoms with Crippen LogP contribution in [-0.4, -0.2) is 22.4 Å². The highest BCUT2D eigenvalue weighted by atomic mass is 16.1. The van der Waals surface area contributed by atoms with Crippen LogP contribution in [0, 0.1) is 17.8 Å². The summed E-state index contributed by atoms with van der Waals surface area (Å²) in [5.74, 6) is 2.73. The molecule has 1 aromatic rings. The molecule has 0 aromatic carbocycles. The Bertz CT molecular complexity index is 488. The fraction of sp³-hybridized carbons (Fsp3) is 0.688. The zero-order valence-corrected chi connectivity index (χ0v) is 12.1. The summed E-state index contributed by atoms with van der Waals surface area (Å²) in [5.41, 5.74) is 1.46. The molecular weight excluding hydrogens is 250 g/mol. The number of aryl methyl sites for hydroxylation is 1. The molecule has 2 fully saturated rings. The molecule has 4 nitrogen and oxygen atoms in total. The van der Waals surface area contributed by atoms with Gasteiger partial charge in [-0.2, -0.15) is 0 Å². The van der Waals surface area contributed by atoms with E-state index in [9.17, 15) is 4.79 Å². The average Bonchev–Trinajstić information content (AvgIpc) is 3.09. The highest BCUT2D eigenvalue weighted by Gasteiger charge is 2.38. The second kappa shape index (κ2) is 5.90. The first-order chi connectivity index (χ1) is 9.78. The molecule has 1 N–H and O–H groups in total. The Morgan fingerprint density at radius 1 is 1.40 bits per heavy atom. The molecule has 0 unspecified atom stereocenters. The van der Waals surface area contributed by atoms with Gasteiger partial charge in [-0.05, 0) is 49.9 Å². The van der Waals surface area contributed by atoms with E-state index in [0.717, 1.165) is 42.8 Å². The lowest BCUT2D eigenvalue weighted by Crippen LogP contribution is -2.28. The fourth-order valence-electron chi connectivity index (χ4n) is 4.02. The van der Waals surface area contributed by atoms with Crippen molar-refractivity contribution in [2.45, 2.75) is 45.4 Å². The van der Waals surface area contributed by atoms with Gasteiger partial charge in [0, 0.05) is 12.7 Å². The van der Waals surface area contributed by atoms with Crippen molar-refractivity contribution in [3.05, 3.63) is 23.8 Å². The number of nitrogens with zero attached hydrogens (tertiary/aromatic N) is 2. The third kappa shape index (κ3) is 2.69. The summed E-state index contributed by atoms with van der Waals surface area (Å²) in [6, 6.07) is 0. The van der Waals surface area contributed by atoms with Crippen molar-refractivity contribution in [3.8, 4) is 0 Å². The Morgan fingerprint density at radius 2 is 2.30 bits per heavy atom. The Morgan fingerprint density at radius 3 is 3.00 bits per heavy atom. The van der Waals surface area contributed by atoms with Gasteiger partial charge in [0.1, 0.15) is 6.33 Å². The zero-order chi connectivity index (χ0) is 13.9. The van der Waals surface area contributed by atoms with Crippen LogP contribution in [0.2, 0.25) is 0 Å². The summed E-state index contributed by atoms with van der Waals surface area (Å²) in [5, 5.41) is 3.04. The molecule has 4 heteroatoms. The number of fused-ring (bicyclic) bond motifs is 2. The van der Waals surface area contributed by atoms with Crippen LogP contribution >= 0.6 is 0 Å². The van der Waals surface area contributed by atoms with Gasteiger partial charge in [-0.3, -0.25) is 4.79 Å². The summed E-state index contributed by atoms with van der Waals surface area (Å²) in [6.07, 6.45) is 10.7. The standard InChI is InChI=1S/C16H23N3O/c1-2-15-14(9-17-10-19-15)16(20)18-6-5-13-8-11-3-4-12(13)7-11/h9-13H,2-8H2,1H3,(H,18,20)/t11-,12-,13-/m0/s1. The van der Waals surface area contributed by atoms with Crippen LogP contribution < -0.4 is 5.32 Å². The van der Waals surface area contributed by atoms with Gasteiger partial charge in [0.25, 0.3) is 5.91 Å². The highest BCUT2D eigenvalue weighted by molar-refractivity contribution is 5.94. The number of aromatic nitrogens is 2. The summed E-state index contributed by atoms with van der Waals surface area (Å²) < 4.78 is 0. The van der Waals surface area contributed by atoms with Gasteiger partial charge in [0.2, 0.25) is 0 Å². The summed E-state index contributed by atoms with van der Waals surface area (Å²) >= 11 is 0. The minimum atomic E-state index is -0.0226. The maximum Gasteiger partial charge on any atom is 0.254 e. The van der Waals surface area contributed by atoms with E-state index in [1.165, 1.54) is 32.0 Å². The first-order valence-electron chi connectivity index (χ1n) is 7.85. The van der Waals surface area contributed by atoms with E-state index in [1.54, 1.807) is 6.20 Å². The van der Waals surface area contributed by atoms with Crippen LogP contribution in [0.25, 0.3) is 0 Å². The Labute approximate surface area is 120 Å². The molecule has 1 aromatic heterocycles. The van der Waals surface area contributed by atoms with Crippen molar-refractivity contribution in [1.82, 2.24) is 15.3 Å². The SMILES string of the molecule is CCc1ncncc1C(=O)NCC[C@H]1C[C@H]2CC[C@H]1C2. The van der Waals surface area contributed by atoms with Gasteiger partial charge in [0.05, 0.1) is 11.3 Å². The van der Waals surface area contributed by atoms with Crippen molar-refractivity contribution < 1.29 is 4.79 Å². The quantitative estimate of drug-likeness (QED) is 0.897. The van der Waals surface area contributed by atoms with E-state index in [4.69, 9.17) is 0 Å². The zero-order valence-electron chi connectivity index (χ0n) is 12.1.